The first-order chi connectivity index (χ1) is 12.8. The quantitative estimate of drug-likeness (QED) is 0.310. The molecule has 2 aromatic rings. The predicted octanol–water partition coefficient (Wildman–Crippen LogP) is 3.38. The van der Waals surface area contributed by atoms with Gasteiger partial charge in [-0.15, -0.1) is 0 Å². The number of carbonyl (C=O) groups excluding carboxylic acids is 1. The summed E-state index contributed by atoms with van der Waals surface area (Å²) in [7, 11) is 0. The molecule has 2 atom stereocenters. The molecule has 0 aliphatic carbocycles. The fourth-order valence-electron chi connectivity index (χ4n) is 2.53. The fourth-order valence-corrected chi connectivity index (χ4v) is 2.65. The molecule has 8 heteroatoms. The molecule has 0 heterocycles. The number of benzene rings is 2. The number of nitrogens with zero attached hydrogens (tertiary/aromatic N) is 2. The molecule has 0 amide bonds. The standard InChI is InChI=1S/C19H19ClN2O5/c1-12(10-18(24)13-2-6-15(20)7-3-13)21-17(11-23)19(25)14-4-8-16(9-5-14)22(26)27/h2-9,17,19,23,25H,10-11H2,1H3/t17-,19+/m0/s1. The minimum Gasteiger partial charge on any atom is -0.394 e. The Morgan fingerprint density at radius 2 is 1.78 bits per heavy atom. The van der Waals surface area contributed by atoms with Gasteiger partial charge < -0.3 is 10.2 Å². The molecule has 0 aliphatic rings. The van der Waals surface area contributed by atoms with Crippen molar-refractivity contribution in [2.24, 2.45) is 4.99 Å². The van der Waals surface area contributed by atoms with Crippen molar-refractivity contribution < 1.29 is 19.9 Å². The van der Waals surface area contributed by atoms with Gasteiger partial charge >= 0.3 is 0 Å². The van der Waals surface area contributed by atoms with Crippen LogP contribution in [-0.2, 0) is 0 Å². The highest BCUT2D eigenvalue weighted by Crippen LogP contribution is 2.22. The number of nitro benzene ring substituents is 1. The maximum atomic E-state index is 12.3. The number of ketones is 1. The van der Waals surface area contributed by atoms with Gasteiger partial charge in [-0.25, -0.2) is 0 Å². The number of carbonyl (C=O) groups is 1. The lowest BCUT2D eigenvalue weighted by atomic mass is 10.0. The smallest absolute Gasteiger partial charge is 0.269 e. The van der Waals surface area contributed by atoms with E-state index in [-0.39, 0.29) is 17.9 Å². The van der Waals surface area contributed by atoms with E-state index in [1.807, 2.05) is 0 Å². The first-order valence-corrected chi connectivity index (χ1v) is 8.55. The number of aliphatic hydroxyl groups is 2. The number of rotatable bonds is 8. The molecule has 0 saturated heterocycles. The van der Waals surface area contributed by atoms with Gasteiger partial charge in [-0.05, 0) is 48.9 Å². The summed E-state index contributed by atoms with van der Waals surface area (Å²) in [6.07, 6.45) is -1.12. The van der Waals surface area contributed by atoms with Crippen molar-refractivity contribution in [3.63, 3.8) is 0 Å². The Kier molecular flexibility index (Phi) is 7.18. The van der Waals surface area contributed by atoms with Gasteiger partial charge in [-0.2, -0.15) is 0 Å². The van der Waals surface area contributed by atoms with Gasteiger partial charge in [0, 0.05) is 34.9 Å². The molecule has 142 valence electrons. The van der Waals surface area contributed by atoms with Crippen molar-refractivity contribution in [3.05, 3.63) is 74.8 Å². The molecule has 0 saturated carbocycles. The van der Waals surface area contributed by atoms with Crippen LogP contribution in [0.2, 0.25) is 5.02 Å². The van der Waals surface area contributed by atoms with Crippen molar-refractivity contribution in [3.8, 4) is 0 Å². The largest absolute Gasteiger partial charge is 0.394 e. The molecule has 0 unspecified atom stereocenters. The highest BCUT2D eigenvalue weighted by Gasteiger charge is 2.21. The number of halogens is 1. The van der Waals surface area contributed by atoms with Crippen LogP contribution in [0.1, 0.15) is 35.4 Å². The van der Waals surface area contributed by atoms with E-state index in [2.05, 4.69) is 4.99 Å². The van der Waals surface area contributed by atoms with Crippen LogP contribution in [0, 0.1) is 10.1 Å². The Labute approximate surface area is 161 Å². The lowest BCUT2D eigenvalue weighted by Gasteiger charge is -2.18. The molecule has 0 radical (unpaired) electrons. The Hall–Kier alpha value is -2.61. The summed E-state index contributed by atoms with van der Waals surface area (Å²) in [4.78, 5) is 26.7. The number of non-ortho nitro benzene ring substituents is 1. The summed E-state index contributed by atoms with van der Waals surface area (Å²) in [6.45, 7) is 1.20. The molecule has 0 fully saturated rings. The van der Waals surface area contributed by atoms with Crippen LogP contribution in [0.25, 0.3) is 0 Å². The number of aliphatic hydroxyl groups excluding tert-OH is 2. The molecule has 2 N–H and O–H groups in total. The number of hydrogen-bond acceptors (Lipinski definition) is 6. The summed E-state index contributed by atoms with van der Waals surface area (Å²) < 4.78 is 0. The molecular weight excluding hydrogens is 372 g/mol. The fraction of sp³-hybridized carbons (Fsp3) is 0.263. The highest BCUT2D eigenvalue weighted by molar-refractivity contribution is 6.30. The van der Waals surface area contributed by atoms with Gasteiger partial charge in [0.15, 0.2) is 5.78 Å². The SMILES string of the molecule is CC(CC(=O)c1ccc(Cl)cc1)=N[C@@H](CO)[C@H](O)c1ccc([N+](=O)[O-])cc1. The number of aliphatic imine (C=N–C) groups is 1. The average molecular weight is 391 g/mol. The minimum atomic E-state index is -1.16. The van der Waals surface area contributed by atoms with E-state index in [1.165, 1.54) is 24.3 Å². The van der Waals surface area contributed by atoms with E-state index in [0.717, 1.165) is 0 Å². The van der Waals surface area contributed by atoms with Gasteiger partial charge in [0.2, 0.25) is 0 Å². The second-order valence-corrected chi connectivity index (χ2v) is 6.45. The Morgan fingerprint density at radius 1 is 1.19 bits per heavy atom. The van der Waals surface area contributed by atoms with E-state index in [1.54, 1.807) is 31.2 Å². The zero-order valence-electron chi connectivity index (χ0n) is 14.6. The van der Waals surface area contributed by atoms with Crippen molar-refractivity contribution in [1.29, 1.82) is 0 Å². The maximum Gasteiger partial charge on any atom is 0.269 e. The molecule has 7 nitrogen and oxygen atoms in total. The van der Waals surface area contributed by atoms with E-state index in [9.17, 15) is 25.1 Å². The Morgan fingerprint density at radius 3 is 2.30 bits per heavy atom. The van der Waals surface area contributed by atoms with Gasteiger partial charge in [0.1, 0.15) is 12.1 Å². The summed E-state index contributed by atoms with van der Waals surface area (Å²) >= 11 is 5.80. The minimum absolute atomic E-state index is 0.0329. The summed E-state index contributed by atoms with van der Waals surface area (Å²) in [5.41, 5.74) is 1.24. The van der Waals surface area contributed by atoms with Crippen LogP contribution >= 0.6 is 11.6 Å². The lowest BCUT2D eigenvalue weighted by molar-refractivity contribution is -0.384. The molecule has 2 aromatic carbocycles. The van der Waals surface area contributed by atoms with E-state index in [4.69, 9.17) is 11.6 Å². The van der Waals surface area contributed by atoms with Crippen molar-refractivity contribution in [2.45, 2.75) is 25.5 Å². The number of nitro groups is 1. The second kappa shape index (κ2) is 9.36. The third-order valence-corrected chi connectivity index (χ3v) is 4.22. The third-order valence-electron chi connectivity index (χ3n) is 3.97. The van der Waals surface area contributed by atoms with Crippen molar-refractivity contribution in [1.82, 2.24) is 0 Å². The van der Waals surface area contributed by atoms with Crippen LogP contribution < -0.4 is 0 Å². The monoisotopic (exact) mass is 390 g/mol. The van der Waals surface area contributed by atoms with Crippen LogP contribution in [-0.4, -0.2) is 39.3 Å². The lowest BCUT2D eigenvalue weighted by Crippen LogP contribution is -2.22. The molecule has 0 aliphatic heterocycles. The zero-order chi connectivity index (χ0) is 20.0. The first-order valence-electron chi connectivity index (χ1n) is 8.17. The van der Waals surface area contributed by atoms with Gasteiger partial charge in [0.25, 0.3) is 5.69 Å². The summed E-state index contributed by atoms with van der Waals surface area (Å²) in [6, 6.07) is 11.0. The summed E-state index contributed by atoms with van der Waals surface area (Å²) in [5.74, 6) is -0.158. The highest BCUT2D eigenvalue weighted by atomic mass is 35.5. The van der Waals surface area contributed by atoms with Gasteiger partial charge in [-0.3, -0.25) is 19.9 Å². The van der Waals surface area contributed by atoms with Crippen LogP contribution in [0.3, 0.4) is 0 Å². The van der Waals surface area contributed by atoms with Crippen molar-refractivity contribution in [2.75, 3.05) is 6.61 Å². The topological polar surface area (TPSA) is 113 Å². The Balaban J connectivity index is 2.09. The maximum absolute atomic E-state index is 12.3. The second-order valence-electron chi connectivity index (χ2n) is 6.01. The van der Waals surface area contributed by atoms with Gasteiger partial charge in [-0.1, -0.05) is 11.6 Å². The normalized spacial score (nSPS) is 13.9. The molecule has 0 aromatic heterocycles. The molecule has 0 spiro atoms. The molecular formula is C19H19ClN2O5. The average Bonchev–Trinajstić information content (AvgIpc) is 2.66. The third kappa shape index (κ3) is 5.68. The zero-order valence-corrected chi connectivity index (χ0v) is 15.3. The molecule has 27 heavy (non-hydrogen) atoms. The van der Waals surface area contributed by atoms with Crippen molar-refractivity contribution >= 4 is 28.8 Å². The van der Waals surface area contributed by atoms with Crippen LogP contribution in [0.15, 0.2) is 53.5 Å². The van der Waals surface area contributed by atoms with Crippen LogP contribution in [0.5, 0.6) is 0 Å². The number of Topliss-reactive ketones (excluding diaryl/α,β-unsaturated/α-hetero) is 1. The number of hydrogen-bond donors (Lipinski definition) is 2. The van der Waals surface area contributed by atoms with E-state index < -0.39 is 23.7 Å². The van der Waals surface area contributed by atoms with Crippen LogP contribution in [0.4, 0.5) is 5.69 Å². The van der Waals surface area contributed by atoms with E-state index in [0.29, 0.717) is 21.9 Å². The van der Waals surface area contributed by atoms with Gasteiger partial charge in [0.05, 0.1) is 11.5 Å². The Bertz CT molecular complexity index is 834. The summed E-state index contributed by atoms with van der Waals surface area (Å²) in [5, 5.41) is 31.2. The molecule has 2 rings (SSSR count). The van der Waals surface area contributed by atoms with E-state index >= 15 is 0 Å². The first kappa shape index (κ1) is 20.7. The predicted molar refractivity (Wildman–Crippen MR) is 102 cm³/mol. The molecule has 0 bridgehead atoms.